The van der Waals surface area contributed by atoms with E-state index in [1.807, 2.05) is 0 Å². The molecule has 10 heavy (non-hydrogen) atoms. The van der Waals surface area contributed by atoms with E-state index in [-0.39, 0.29) is 18.3 Å². The Bertz CT molecular complexity index is 152. The number of hydrogen-bond donors (Lipinski definition) is 2. The van der Waals surface area contributed by atoms with E-state index in [4.69, 9.17) is 5.11 Å². The molecule has 0 amide bonds. The summed E-state index contributed by atoms with van der Waals surface area (Å²) in [5.74, 6) is 0.308. The predicted molar refractivity (Wildman–Crippen MR) is 38.2 cm³/mol. The Kier molecular flexibility index (Phi) is 1.88. The molecular formula is C6H10ClNO2. The predicted octanol–water partition coefficient (Wildman–Crippen LogP) is -0.0418. The van der Waals surface area contributed by atoms with Crippen molar-refractivity contribution in [2.24, 2.45) is 17.8 Å². The standard InChI is InChI=1S/C6H9NO2.ClH/c8-6(9)5-3-1-7-2-4(3)5;/h3-5,7H,1-2H2,(H,8,9);1H/t3-,4-;/m0./s1. The average Bonchev–Trinajstić information content (AvgIpc) is 2.30. The van der Waals surface area contributed by atoms with Gasteiger partial charge in [-0.05, 0) is 24.9 Å². The average molecular weight is 164 g/mol. The van der Waals surface area contributed by atoms with Gasteiger partial charge in [-0.2, -0.15) is 0 Å². The van der Waals surface area contributed by atoms with Crippen molar-refractivity contribution in [3.63, 3.8) is 0 Å². The normalized spacial score (nSPS) is 41.8. The molecule has 0 aromatic rings. The second kappa shape index (κ2) is 2.40. The maximum Gasteiger partial charge on any atom is 0.307 e. The molecule has 1 aliphatic carbocycles. The zero-order chi connectivity index (χ0) is 6.43. The Balaban J connectivity index is 0.000000500. The number of carboxylic acid groups (broad SMARTS) is 1. The highest BCUT2D eigenvalue weighted by Crippen LogP contribution is 2.48. The highest BCUT2D eigenvalue weighted by Gasteiger charge is 2.57. The zero-order valence-corrected chi connectivity index (χ0v) is 6.23. The molecule has 0 aromatic heterocycles. The van der Waals surface area contributed by atoms with E-state index in [0.717, 1.165) is 13.1 Å². The van der Waals surface area contributed by atoms with Gasteiger partial charge in [0.2, 0.25) is 0 Å². The molecule has 2 aliphatic rings. The number of halogens is 1. The van der Waals surface area contributed by atoms with Crippen molar-refractivity contribution < 1.29 is 9.90 Å². The molecule has 2 rings (SSSR count). The van der Waals surface area contributed by atoms with Crippen LogP contribution in [0.5, 0.6) is 0 Å². The zero-order valence-electron chi connectivity index (χ0n) is 5.41. The van der Waals surface area contributed by atoms with Crippen LogP contribution in [0.15, 0.2) is 0 Å². The van der Waals surface area contributed by atoms with Crippen LogP contribution < -0.4 is 5.32 Å². The van der Waals surface area contributed by atoms with Gasteiger partial charge in [0.15, 0.2) is 0 Å². The fourth-order valence-corrected chi connectivity index (χ4v) is 1.78. The van der Waals surface area contributed by atoms with Gasteiger partial charge in [0.1, 0.15) is 0 Å². The second-order valence-corrected chi connectivity index (χ2v) is 2.85. The minimum atomic E-state index is -0.605. The summed E-state index contributed by atoms with van der Waals surface area (Å²) in [6.45, 7) is 1.84. The number of aliphatic carboxylic acids is 1. The summed E-state index contributed by atoms with van der Waals surface area (Å²) in [5.41, 5.74) is 0. The Labute approximate surface area is 65.2 Å². The van der Waals surface area contributed by atoms with E-state index in [2.05, 4.69) is 5.32 Å². The fourth-order valence-electron chi connectivity index (χ4n) is 1.78. The van der Waals surface area contributed by atoms with Crippen LogP contribution in [0.3, 0.4) is 0 Å². The molecule has 1 saturated carbocycles. The van der Waals surface area contributed by atoms with Crippen molar-refractivity contribution in [2.75, 3.05) is 13.1 Å². The van der Waals surface area contributed by atoms with Gasteiger partial charge in [-0.3, -0.25) is 4.79 Å². The van der Waals surface area contributed by atoms with Crippen LogP contribution in [0.2, 0.25) is 0 Å². The number of carbonyl (C=O) groups is 1. The first-order valence-corrected chi connectivity index (χ1v) is 3.24. The van der Waals surface area contributed by atoms with Gasteiger partial charge in [0, 0.05) is 0 Å². The maximum atomic E-state index is 10.3. The molecule has 0 bridgehead atoms. The Morgan fingerprint density at radius 2 is 1.90 bits per heavy atom. The molecule has 0 unspecified atom stereocenters. The van der Waals surface area contributed by atoms with Crippen LogP contribution in [0, 0.1) is 17.8 Å². The smallest absolute Gasteiger partial charge is 0.307 e. The van der Waals surface area contributed by atoms with Crippen molar-refractivity contribution >= 4 is 18.4 Å². The van der Waals surface area contributed by atoms with Crippen LogP contribution in [-0.4, -0.2) is 24.2 Å². The molecule has 2 fully saturated rings. The van der Waals surface area contributed by atoms with Crippen LogP contribution in [-0.2, 0) is 4.79 Å². The van der Waals surface area contributed by atoms with Crippen LogP contribution >= 0.6 is 12.4 Å². The van der Waals surface area contributed by atoms with Crippen molar-refractivity contribution in [1.29, 1.82) is 0 Å². The summed E-state index contributed by atoms with van der Waals surface area (Å²) in [5, 5.41) is 11.7. The molecular weight excluding hydrogens is 154 g/mol. The molecule has 0 spiro atoms. The maximum absolute atomic E-state index is 10.3. The van der Waals surface area contributed by atoms with Crippen LogP contribution in [0.25, 0.3) is 0 Å². The lowest BCUT2D eigenvalue weighted by atomic mass is 10.3. The summed E-state index contributed by atoms with van der Waals surface area (Å²) < 4.78 is 0. The first-order chi connectivity index (χ1) is 4.30. The minimum absolute atomic E-state index is 0. The summed E-state index contributed by atoms with van der Waals surface area (Å²) in [6.07, 6.45) is 0. The second-order valence-electron chi connectivity index (χ2n) is 2.85. The third-order valence-corrected chi connectivity index (χ3v) is 2.38. The summed E-state index contributed by atoms with van der Waals surface area (Å²) >= 11 is 0. The molecule has 58 valence electrons. The number of fused-ring (bicyclic) bond motifs is 1. The molecule has 0 radical (unpaired) electrons. The van der Waals surface area contributed by atoms with Crippen LogP contribution in [0.4, 0.5) is 0 Å². The lowest BCUT2D eigenvalue weighted by Crippen LogP contribution is -2.18. The van der Waals surface area contributed by atoms with Crippen LogP contribution in [0.1, 0.15) is 0 Å². The van der Waals surface area contributed by atoms with Crippen molar-refractivity contribution in [3.8, 4) is 0 Å². The van der Waals surface area contributed by atoms with Gasteiger partial charge in [-0.1, -0.05) is 0 Å². The molecule has 1 heterocycles. The first-order valence-electron chi connectivity index (χ1n) is 3.24. The van der Waals surface area contributed by atoms with Gasteiger partial charge >= 0.3 is 5.97 Å². The number of carboxylic acids is 1. The lowest BCUT2D eigenvalue weighted by molar-refractivity contribution is -0.139. The summed E-state index contributed by atoms with van der Waals surface area (Å²) in [7, 11) is 0. The van der Waals surface area contributed by atoms with Gasteiger partial charge in [0.05, 0.1) is 5.92 Å². The number of piperidine rings is 1. The van der Waals surface area contributed by atoms with Gasteiger partial charge in [0.25, 0.3) is 0 Å². The molecule has 1 aliphatic heterocycles. The molecule has 2 atom stereocenters. The van der Waals surface area contributed by atoms with E-state index >= 15 is 0 Å². The molecule has 3 nitrogen and oxygen atoms in total. The minimum Gasteiger partial charge on any atom is -0.481 e. The Morgan fingerprint density at radius 1 is 1.40 bits per heavy atom. The Morgan fingerprint density at radius 3 is 2.20 bits per heavy atom. The van der Waals surface area contributed by atoms with Gasteiger partial charge in [-0.15, -0.1) is 12.4 Å². The fraction of sp³-hybridized carbons (Fsp3) is 0.833. The van der Waals surface area contributed by atoms with Crippen molar-refractivity contribution in [3.05, 3.63) is 0 Å². The monoisotopic (exact) mass is 163 g/mol. The van der Waals surface area contributed by atoms with Crippen molar-refractivity contribution in [2.45, 2.75) is 0 Å². The highest BCUT2D eigenvalue weighted by atomic mass is 35.5. The summed E-state index contributed by atoms with van der Waals surface area (Å²) in [4.78, 5) is 10.3. The first kappa shape index (κ1) is 7.82. The molecule has 4 heteroatoms. The van der Waals surface area contributed by atoms with Crippen molar-refractivity contribution in [1.82, 2.24) is 5.32 Å². The SMILES string of the molecule is Cl.O=C(O)C1[C@H]2CNC[C@H]12. The number of hydrogen-bond acceptors (Lipinski definition) is 2. The Hall–Kier alpha value is -0.280. The van der Waals surface area contributed by atoms with Gasteiger partial charge < -0.3 is 10.4 Å². The summed E-state index contributed by atoms with van der Waals surface area (Å²) in [6, 6.07) is 0. The molecule has 2 N–H and O–H groups in total. The molecule has 0 aromatic carbocycles. The topological polar surface area (TPSA) is 49.3 Å². The third-order valence-electron chi connectivity index (χ3n) is 2.38. The van der Waals surface area contributed by atoms with E-state index in [1.165, 1.54) is 0 Å². The quantitative estimate of drug-likeness (QED) is 0.570. The van der Waals surface area contributed by atoms with E-state index in [0.29, 0.717) is 11.8 Å². The largest absolute Gasteiger partial charge is 0.481 e. The number of rotatable bonds is 1. The van der Waals surface area contributed by atoms with E-state index < -0.39 is 5.97 Å². The third kappa shape index (κ3) is 0.896. The van der Waals surface area contributed by atoms with E-state index in [9.17, 15) is 4.79 Å². The highest BCUT2D eigenvalue weighted by molar-refractivity contribution is 5.85. The van der Waals surface area contributed by atoms with E-state index in [1.54, 1.807) is 0 Å². The molecule has 1 saturated heterocycles. The lowest BCUT2D eigenvalue weighted by Gasteiger charge is -1.96. The number of nitrogens with one attached hydrogen (secondary N) is 1. The van der Waals surface area contributed by atoms with Gasteiger partial charge in [-0.25, -0.2) is 0 Å².